The Hall–Kier alpha value is -1.51. The summed E-state index contributed by atoms with van der Waals surface area (Å²) in [4.78, 5) is 11.9. The smallest absolute Gasteiger partial charge is 0.314 e. The van der Waals surface area contributed by atoms with Crippen LogP contribution in [0.3, 0.4) is 0 Å². The number of hydrogen-bond donors (Lipinski definition) is 1. The predicted molar refractivity (Wildman–Crippen MR) is 79.5 cm³/mol. The standard InChI is InChI=1S/C17H24O3/c1-11(2)20-15-13(4)12(3)7-8-14(15)17(16(18)19)9-5-6-10-17/h7-8,11H,5-6,9-10H2,1-4H3,(H,18,19). The Kier molecular flexibility index (Phi) is 4.07. The minimum atomic E-state index is -0.761. The molecule has 0 radical (unpaired) electrons. The molecule has 1 aromatic rings. The molecule has 0 spiro atoms. The lowest BCUT2D eigenvalue weighted by molar-refractivity contribution is -0.143. The second kappa shape index (κ2) is 5.47. The maximum atomic E-state index is 11.9. The summed E-state index contributed by atoms with van der Waals surface area (Å²) in [5, 5.41) is 9.78. The fourth-order valence-electron chi connectivity index (χ4n) is 3.13. The third-order valence-electron chi connectivity index (χ3n) is 4.41. The fourth-order valence-corrected chi connectivity index (χ4v) is 3.13. The molecule has 0 unspecified atom stereocenters. The lowest BCUT2D eigenvalue weighted by Gasteiger charge is -2.29. The summed E-state index contributed by atoms with van der Waals surface area (Å²) in [5.41, 5.74) is 2.30. The molecule has 3 heteroatoms. The first-order chi connectivity index (χ1) is 9.38. The van der Waals surface area contributed by atoms with Gasteiger partial charge in [0.25, 0.3) is 0 Å². The van der Waals surface area contributed by atoms with Crippen LogP contribution in [-0.4, -0.2) is 17.2 Å². The van der Waals surface area contributed by atoms with Gasteiger partial charge in [-0.05, 0) is 51.7 Å². The number of carbonyl (C=O) groups is 1. The van der Waals surface area contributed by atoms with Gasteiger partial charge in [0.15, 0.2) is 0 Å². The Morgan fingerprint density at radius 3 is 2.35 bits per heavy atom. The monoisotopic (exact) mass is 276 g/mol. The molecule has 2 rings (SSSR count). The molecule has 0 bridgehead atoms. The van der Waals surface area contributed by atoms with Crippen LogP contribution in [0.2, 0.25) is 0 Å². The maximum Gasteiger partial charge on any atom is 0.314 e. The Morgan fingerprint density at radius 2 is 1.85 bits per heavy atom. The van der Waals surface area contributed by atoms with E-state index in [-0.39, 0.29) is 6.10 Å². The Balaban J connectivity index is 2.60. The summed E-state index contributed by atoms with van der Waals surface area (Å²) < 4.78 is 5.98. The largest absolute Gasteiger partial charge is 0.490 e. The van der Waals surface area contributed by atoms with Gasteiger partial charge < -0.3 is 9.84 Å². The van der Waals surface area contributed by atoms with Gasteiger partial charge >= 0.3 is 5.97 Å². The number of carboxylic acids is 1. The van der Waals surface area contributed by atoms with Crippen molar-refractivity contribution in [3.63, 3.8) is 0 Å². The summed E-state index contributed by atoms with van der Waals surface area (Å²) in [6.07, 6.45) is 3.40. The Labute approximate surface area is 121 Å². The van der Waals surface area contributed by atoms with Crippen LogP contribution in [0, 0.1) is 13.8 Å². The lowest BCUT2D eigenvalue weighted by Crippen LogP contribution is -2.33. The van der Waals surface area contributed by atoms with Crippen molar-refractivity contribution in [1.82, 2.24) is 0 Å². The van der Waals surface area contributed by atoms with Crippen LogP contribution in [0.25, 0.3) is 0 Å². The van der Waals surface area contributed by atoms with Crippen LogP contribution in [0.15, 0.2) is 12.1 Å². The number of carboxylic acid groups (broad SMARTS) is 1. The second-order valence-corrected chi connectivity index (χ2v) is 6.15. The highest BCUT2D eigenvalue weighted by molar-refractivity contribution is 5.83. The van der Waals surface area contributed by atoms with Gasteiger partial charge in [-0.15, -0.1) is 0 Å². The van der Waals surface area contributed by atoms with E-state index in [2.05, 4.69) is 0 Å². The summed E-state index contributed by atoms with van der Waals surface area (Å²) >= 11 is 0. The quantitative estimate of drug-likeness (QED) is 0.904. The minimum absolute atomic E-state index is 0.0431. The predicted octanol–water partition coefficient (Wildman–Crippen LogP) is 3.99. The molecule has 0 amide bonds. The molecule has 20 heavy (non-hydrogen) atoms. The van der Waals surface area contributed by atoms with Crippen LogP contribution in [0.4, 0.5) is 0 Å². The minimum Gasteiger partial charge on any atom is -0.490 e. The van der Waals surface area contributed by atoms with E-state index in [0.717, 1.165) is 35.3 Å². The van der Waals surface area contributed by atoms with Gasteiger partial charge in [-0.3, -0.25) is 4.79 Å². The van der Waals surface area contributed by atoms with Crippen molar-refractivity contribution in [2.45, 2.75) is 64.9 Å². The number of rotatable bonds is 4. The average Bonchev–Trinajstić information content (AvgIpc) is 2.85. The van der Waals surface area contributed by atoms with Gasteiger partial charge in [0.1, 0.15) is 5.75 Å². The summed E-state index contributed by atoms with van der Waals surface area (Å²) in [6.45, 7) is 8.01. The van der Waals surface area contributed by atoms with Crippen LogP contribution in [-0.2, 0) is 10.2 Å². The van der Waals surface area contributed by atoms with E-state index in [4.69, 9.17) is 4.74 Å². The number of benzene rings is 1. The van der Waals surface area contributed by atoms with Crippen molar-refractivity contribution in [3.05, 3.63) is 28.8 Å². The highest BCUT2D eigenvalue weighted by Gasteiger charge is 2.45. The van der Waals surface area contributed by atoms with E-state index in [1.54, 1.807) is 0 Å². The van der Waals surface area contributed by atoms with Crippen molar-refractivity contribution in [3.8, 4) is 5.75 Å². The summed E-state index contributed by atoms with van der Waals surface area (Å²) in [5.74, 6) is 0.0659. The molecule has 1 aromatic carbocycles. The topological polar surface area (TPSA) is 46.5 Å². The van der Waals surface area contributed by atoms with Crippen LogP contribution < -0.4 is 4.74 Å². The number of ether oxygens (including phenoxy) is 1. The van der Waals surface area contributed by atoms with E-state index in [9.17, 15) is 9.90 Å². The molecule has 110 valence electrons. The zero-order valence-electron chi connectivity index (χ0n) is 12.8. The fraction of sp³-hybridized carbons (Fsp3) is 0.588. The highest BCUT2D eigenvalue weighted by Crippen LogP contribution is 2.46. The molecule has 1 fully saturated rings. The van der Waals surface area contributed by atoms with Crippen molar-refractivity contribution in [2.24, 2.45) is 0 Å². The van der Waals surface area contributed by atoms with Gasteiger partial charge in [0.2, 0.25) is 0 Å². The SMILES string of the molecule is Cc1ccc(C2(C(=O)O)CCCC2)c(OC(C)C)c1C. The number of aliphatic carboxylic acids is 1. The zero-order valence-corrected chi connectivity index (χ0v) is 12.8. The summed E-state index contributed by atoms with van der Waals surface area (Å²) in [7, 11) is 0. The summed E-state index contributed by atoms with van der Waals surface area (Å²) in [6, 6.07) is 3.97. The Morgan fingerprint density at radius 1 is 1.25 bits per heavy atom. The van der Waals surface area contributed by atoms with Gasteiger partial charge in [-0.25, -0.2) is 0 Å². The van der Waals surface area contributed by atoms with Gasteiger partial charge in [0, 0.05) is 5.56 Å². The van der Waals surface area contributed by atoms with E-state index in [0.29, 0.717) is 12.8 Å². The third-order valence-corrected chi connectivity index (χ3v) is 4.41. The maximum absolute atomic E-state index is 11.9. The highest BCUT2D eigenvalue weighted by atomic mass is 16.5. The Bertz CT molecular complexity index is 511. The molecular weight excluding hydrogens is 252 g/mol. The van der Waals surface area contributed by atoms with E-state index in [1.165, 1.54) is 0 Å². The molecule has 3 nitrogen and oxygen atoms in total. The van der Waals surface area contributed by atoms with Crippen LogP contribution in [0.5, 0.6) is 5.75 Å². The molecular formula is C17H24O3. The van der Waals surface area contributed by atoms with Crippen molar-refractivity contribution in [2.75, 3.05) is 0 Å². The molecule has 0 saturated heterocycles. The molecule has 0 heterocycles. The average molecular weight is 276 g/mol. The normalized spacial score (nSPS) is 17.4. The van der Waals surface area contributed by atoms with E-state index >= 15 is 0 Å². The van der Waals surface area contributed by atoms with Crippen molar-refractivity contribution in [1.29, 1.82) is 0 Å². The van der Waals surface area contributed by atoms with Crippen molar-refractivity contribution < 1.29 is 14.6 Å². The van der Waals surface area contributed by atoms with E-state index < -0.39 is 11.4 Å². The van der Waals surface area contributed by atoms with Gasteiger partial charge in [-0.1, -0.05) is 25.0 Å². The van der Waals surface area contributed by atoms with E-state index in [1.807, 2.05) is 39.8 Å². The van der Waals surface area contributed by atoms with Crippen LogP contribution in [0.1, 0.15) is 56.2 Å². The lowest BCUT2D eigenvalue weighted by atomic mass is 9.77. The van der Waals surface area contributed by atoms with Crippen LogP contribution >= 0.6 is 0 Å². The third kappa shape index (κ3) is 2.41. The first-order valence-electron chi connectivity index (χ1n) is 7.39. The van der Waals surface area contributed by atoms with Gasteiger partial charge in [-0.2, -0.15) is 0 Å². The first-order valence-corrected chi connectivity index (χ1v) is 7.39. The molecule has 1 aliphatic carbocycles. The second-order valence-electron chi connectivity index (χ2n) is 6.15. The molecule has 1 saturated carbocycles. The van der Waals surface area contributed by atoms with Crippen molar-refractivity contribution >= 4 is 5.97 Å². The number of hydrogen-bond acceptors (Lipinski definition) is 2. The molecule has 0 aliphatic heterocycles. The molecule has 1 N–H and O–H groups in total. The molecule has 0 atom stereocenters. The zero-order chi connectivity index (χ0) is 14.9. The molecule has 1 aliphatic rings. The van der Waals surface area contributed by atoms with Gasteiger partial charge in [0.05, 0.1) is 11.5 Å². The first kappa shape index (κ1) is 14.9. The molecule has 0 aromatic heterocycles. The number of aryl methyl sites for hydroxylation is 1.